The van der Waals surface area contributed by atoms with E-state index in [0.717, 1.165) is 54.6 Å². The number of hydrogen-bond acceptors (Lipinski definition) is 2. The molecular formula is C25H30N2O2. The van der Waals surface area contributed by atoms with Gasteiger partial charge in [-0.05, 0) is 74.9 Å². The predicted molar refractivity (Wildman–Crippen MR) is 118 cm³/mol. The molecule has 1 atom stereocenters. The van der Waals surface area contributed by atoms with E-state index < -0.39 is 0 Å². The number of fused-ring (bicyclic) bond motifs is 1. The number of amides is 1. The number of likely N-dealkylation sites (tertiary alicyclic amines) is 1. The van der Waals surface area contributed by atoms with E-state index in [1.54, 1.807) is 7.11 Å². The van der Waals surface area contributed by atoms with Crippen molar-refractivity contribution in [2.24, 2.45) is 7.05 Å². The number of carbonyl (C=O) groups is 1. The summed E-state index contributed by atoms with van der Waals surface area (Å²) >= 11 is 0. The maximum Gasteiger partial charge on any atom is 0.270 e. The van der Waals surface area contributed by atoms with E-state index >= 15 is 0 Å². The zero-order valence-electron chi connectivity index (χ0n) is 17.6. The summed E-state index contributed by atoms with van der Waals surface area (Å²) in [6.07, 6.45) is 5.31. The second-order valence-electron chi connectivity index (χ2n) is 8.19. The molecule has 1 fully saturated rings. The fraction of sp³-hybridized carbons (Fsp3) is 0.400. The number of nitrogens with zero attached hydrogens (tertiary/aromatic N) is 2. The van der Waals surface area contributed by atoms with Crippen LogP contribution >= 0.6 is 0 Å². The molecule has 1 aromatic heterocycles. The minimum Gasteiger partial charge on any atom is -0.497 e. The van der Waals surface area contributed by atoms with E-state index in [9.17, 15) is 4.79 Å². The SMILES string of the molecule is COc1cccc(CCC2CCCCN2C(=O)c2cc3cc(C)ccc3n2C)c1. The molecule has 2 heterocycles. The maximum absolute atomic E-state index is 13.5. The van der Waals surface area contributed by atoms with E-state index in [1.807, 2.05) is 23.7 Å². The average Bonchev–Trinajstić information content (AvgIpc) is 3.07. The van der Waals surface area contributed by atoms with Crippen LogP contribution in [0.25, 0.3) is 10.9 Å². The molecule has 1 amide bonds. The standard InChI is InChI=1S/C25H30N2O2/c1-18-10-13-23-20(15-18)17-24(26(23)2)25(28)27-14-5-4-8-21(27)12-11-19-7-6-9-22(16-19)29-3/h6-7,9-10,13,15-17,21H,4-5,8,11-12,14H2,1-3H3. The first-order valence-corrected chi connectivity index (χ1v) is 10.6. The third-order valence-corrected chi connectivity index (χ3v) is 6.21. The summed E-state index contributed by atoms with van der Waals surface area (Å²) < 4.78 is 7.39. The lowest BCUT2D eigenvalue weighted by molar-refractivity contribution is 0.0592. The Morgan fingerprint density at radius 1 is 1.14 bits per heavy atom. The summed E-state index contributed by atoms with van der Waals surface area (Å²) in [6, 6.07) is 17.0. The first-order valence-electron chi connectivity index (χ1n) is 10.6. The second-order valence-corrected chi connectivity index (χ2v) is 8.19. The van der Waals surface area contributed by atoms with Crippen LogP contribution in [0.2, 0.25) is 0 Å². The quantitative estimate of drug-likeness (QED) is 0.606. The number of hydrogen-bond donors (Lipinski definition) is 0. The predicted octanol–water partition coefficient (Wildman–Crippen LogP) is 5.12. The highest BCUT2D eigenvalue weighted by molar-refractivity contribution is 5.99. The molecule has 0 N–H and O–H groups in total. The summed E-state index contributed by atoms with van der Waals surface area (Å²) in [5, 5.41) is 1.14. The lowest BCUT2D eigenvalue weighted by Crippen LogP contribution is -2.44. The van der Waals surface area contributed by atoms with Crippen LogP contribution in [-0.4, -0.2) is 35.1 Å². The summed E-state index contributed by atoms with van der Waals surface area (Å²) in [6.45, 7) is 2.94. The van der Waals surface area contributed by atoms with Crippen molar-refractivity contribution in [1.29, 1.82) is 0 Å². The molecule has 29 heavy (non-hydrogen) atoms. The Kier molecular flexibility index (Phi) is 5.61. The first kappa shape index (κ1) is 19.6. The van der Waals surface area contributed by atoms with Crippen LogP contribution < -0.4 is 4.74 Å². The molecule has 152 valence electrons. The molecule has 1 aliphatic heterocycles. The van der Waals surface area contributed by atoms with Gasteiger partial charge in [0, 0.05) is 30.5 Å². The summed E-state index contributed by atoms with van der Waals surface area (Å²) in [5.74, 6) is 1.06. The molecule has 2 aromatic carbocycles. The van der Waals surface area contributed by atoms with E-state index in [4.69, 9.17) is 4.74 Å². The number of carbonyl (C=O) groups excluding carboxylic acids is 1. The Morgan fingerprint density at radius 2 is 2.00 bits per heavy atom. The highest BCUT2D eigenvalue weighted by Gasteiger charge is 2.29. The fourth-order valence-electron chi connectivity index (χ4n) is 4.55. The minimum absolute atomic E-state index is 0.164. The molecule has 1 unspecified atom stereocenters. The Labute approximate surface area is 173 Å². The molecule has 0 bridgehead atoms. The van der Waals surface area contributed by atoms with Crippen molar-refractivity contribution in [2.45, 2.75) is 45.1 Å². The van der Waals surface area contributed by atoms with E-state index in [2.05, 4.69) is 48.2 Å². The Morgan fingerprint density at radius 3 is 2.83 bits per heavy atom. The van der Waals surface area contributed by atoms with Crippen molar-refractivity contribution in [3.05, 3.63) is 65.4 Å². The van der Waals surface area contributed by atoms with Gasteiger partial charge < -0.3 is 14.2 Å². The van der Waals surface area contributed by atoms with Crippen molar-refractivity contribution >= 4 is 16.8 Å². The molecule has 3 aromatic rings. The van der Waals surface area contributed by atoms with Gasteiger partial charge in [-0.3, -0.25) is 4.79 Å². The van der Waals surface area contributed by atoms with E-state index in [1.165, 1.54) is 17.5 Å². The van der Waals surface area contributed by atoms with Crippen molar-refractivity contribution in [3.63, 3.8) is 0 Å². The highest BCUT2D eigenvalue weighted by atomic mass is 16.5. The number of benzene rings is 2. The van der Waals surface area contributed by atoms with Gasteiger partial charge in [0.15, 0.2) is 0 Å². The van der Waals surface area contributed by atoms with Gasteiger partial charge in [-0.1, -0.05) is 23.8 Å². The lowest BCUT2D eigenvalue weighted by Gasteiger charge is -2.36. The average molecular weight is 391 g/mol. The van der Waals surface area contributed by atoms with E-state index in [0.29, 0.717) is 6.04 Å². The summed E-state index contributed by atoms with van der Waals surface area (Å²) in [7, 11) is 3.70. The maximum atomic E-state index is 13.5. The number of methoxy groups -OCH3 is 1. The number of rotatable bonds is 5. The molecule has 4 nitrogen and oxygen atoms in total. The topological polar surface area (TPSA) is 34.5 Å². The number of aryl methyl sites for hydroxylation is 3. The number of ether oxygens (including phenoxy) is 1. The van der Waals surface area contributed by atoms with Gasteiger partial charge in [0.25, 0.3) is 5.91 Å². The molecular weight excluding hydrogens is 360 g/mol. The Bertz CT molecular complexity index is 1020. The van der Waals surface area contributed by atoms with Crippen molar-refractivity contribution in [3.8, 4) is 5.75 Å². The Balaban J connectivity index is 1.54. The van der Waals surface area contributed by atoms with Crippen LogP contribution in [0.15, 0.2) is 48.5 Å². The minimum atomic E-state index is 0.164. The van der Waals surface area contributed by atoms with Gasteiger partial charge in [0.05, 0.1) is 7.11 Å². The van der Waals surface area contributed by atoms with Crippen LogP contribution in [0.3, 0.4) is 0 Å². The van der Waals surface area contributed by atoms with Crippen LogP contribution in [0.1, 0.15) is 47.3 Å². The smallest absolute Gasteiger partial charge is 0.270 e. The van der Waals surface area contributed by atoms with Crippen molar-refractivity contribution in [1.82, 2.24) is 9.47 Å². The van der Waals surface area contributed by atoms with Crippen LogP contribution in [-0.2, 0) is 13.5 Å². The van der Waals surface area contributed by atoms with Crippen LogP contribution in [0.4, 0.5) is 0 Å². The first-order chi connectivity index (χ1) is 14.1. The zero-order chi connectivity index (χ0) is 20.4. The molecule has 0 radical (unpaired) electrons. The normalized spacial score (nSPS) is 16.9. The molecule has 1 aliphatic rings. The Hall–Kier alpha value is -2.75. The lowest BCUT2D eigenvalue weighted by atomic mass is 9.95. The third-order valence-electron chi connectivity index (χ3n) is 6.21. The molecule has 0 aliphatic carbocycles. The molecule has 0 saturated carbocycles. The fourth-order valence-corrected chi connectivity index (χ4v) is 4.55. The molecule has 4 rings (SSSR count). The molecule has 1 saturated heterocycles. The highest BCUT2D eigenvalue weighted by Crippen LogP contribution is 2.27. The van der Waals surface area contributed by atoms with Crippen LogP contribution in [0, 0.1) is 6.92 Å². The monoisotopic (exact) mass is 390 g/mol. The van der Waals surface area contributed by atoms with Gasteiger partial charge in [0.1, 0.15) is 11.4 Å². The van der Waals surface area contributed by atoms with Crippen LogP contribution in [0.5, 0.6) is 5.75 Å². The van der Waals surface area contributed by atoms with Gasteiger partial charge in [0.2, 0.25) is 0 Å². The van der Waals surface area contributed by atoms with Gasteiger partial charge in [-0.15, -0.1) is 0 Å². The largest absolute Gasteiger partial charge is 0.497 e. The second kappa shape index (κ2) is 8.32. The van der Waals surface area contributed by atoms with Crippen molar-refractivity contribution < 1.29 is 9.53 Å². The molecule has 4 heteroatoms. The summed E-state index contributed by atoms with van der Waals surface area (Å²) in [4.78, 5) is 15.6. The molecule has 0 spiro atoms. The summed E-state index contributed by atoms with van der Waals surface area (Å²) in [5.41, 5.74) is 4.39. The number of piperidine rings is 1. The van der Waals surface area contributed by atoms with Gasteiger partial charge in [-0.2, -0.15) is 0 Å². The zero-order valence-corrected chi connectivity index (χ0v) is 17.6. The van der Waals surface area contributed by atoms with Gasteiger partial charge in [-0.25, -0.2) is 0 Å². The number of aromatic nitrogens is 1. The van der Waals surface area contributed by atoms with Gasteiger partial charge >= 0.3 is 0 Å². The van der Waals surface area contributed by atoms with Crippen molar-refractivity contribution in [2.75, 3.05) is 13.7 Å². The third kappa shape index (κ3) is 4.02. The van der Waals surface area contributed by atoms with E-state index in [-0.39, 0.29) is 5.91 Å².